The summed E-state index contributed by atoms with van der Waals surface area (Å²) in [5, 5.41) is 18.5. The van der Waals surface area contributed by atoms with Crippen molar-refractivity contribution in [1.29, 1.82) is 0 Å². The zero-order valence-electron chi connectivity index (χ0n) is 22.3. The number of amides is 1. The lowest BCUT2D eigenvalue weighted by molar-refractivity contribution is -0.0136. The minimum Gasteiger partial charge on any atom is -0.444 e. The third-order valence-electron chi connectivity index (χ3n) is 7.19. The number of aliphatic hydroxyl groups excluding tert-OH is 1. The van der Waals surface area contributed by atoms with Crippen LogP contribution in [0.25, 0.3) is 16.8 Å². The van der Waals surface area contributed by atoms with E-state index in [-0.39, 0.29) is 18.7 Å². The van der Waals surface area contributed by atoms with Gasteiger partial charge in [-0.3, -0.25) is 0 Å². The minimum atomic E-state index is -0.625. The van der Waals surface area contributed by atoms with Gasteiger partial charge in [-0.05, 0) is 64.5 Å². The average Bonchev–Trinajstić information content (AvgIpc) is 3.31. The third-order valence-corrected chi connectivity index (χ3v) is 7.47. The van der Waals surface area contributed by atoms with Crippen molar-refractivity contribution in [3.63, 3.8) is 0 Å². The number of aliphatic hydroxyl groups is 1. The molecule has 0 aromatic carbocycles. The lowest BCUT2D eigenvalue weighted by atomic mass is 9.88. The topological polar surface area (TPSA) is 114 Å². The second-order valence-electron chi connectivity index (χ2n) is 11.0. The highest BCUT2D eigenvalue weighted by molar-refractivity contribution is 6.33. The summed E-state index contributed by atoms with van der Waals surface area (Å²) in [6, 6.07) is 4.02. The van der Waals surface area contributed by atoms with Gasteiger partial charge in [-0.15, -0.1) is 0 Å². The predicted octanol–water partition coefficient (Wildman–Crippen LogP) is 4.43. The van der Waals surface area contributed by atoms with Crippen molar-refractivity contribution in [2.45, 2.75) is 70.6 Å². The molecule has 0 saturated carbocycles. The summed E-state index contributed by atoms with van der Waals surface area (Å²) in [7, 11) is 0. The average molecular weight is 543 g/mol. The van der Waals surface area contributed by atoms with Crippen LogP contribution in [0.15, 0.2) is 24.5 Å². The molecule has 0 spiro atoms. The quantitative estimate of drug-likeness (QED) is 0.497. The van der Waals surface area contributed by atoms with E-state index < -0.39 is 11.7 Å². The molecule has 0 bridgehead atoms. The van der Waals surface area contributed by atoms with Gasteiger partial charge in [-0.1, -0.05) is 17.7 Å². The largest absolute Gasteiger partial charge is 0.444 e. The normalized spacial score (nSPS) is 21.1. The number of carbonyl (C=O) groups excluding carboxylic acids is 1. The summed E-state index contributed by atoms with van der Waals surface area (Å²) in [6.45, 7) is 9.91. The summed E-state index contributed by atoms with van der Waals surface area (Å²) < 4.78 is 12.8. The van der Waals surface area contributed by atoms with Crippen LogP contribution < -0.4 is 5.32 Å². The molecule has 0 aliphatic carbocycles. The van der Waals surface area contributed by atoms with Crippen molar-refractivity contribution < 1.29 is 19.4 Å². The molecule has 2 aliphatic heterocycles. The zero-order chi connectivity index (χ0) is 27.0. The van der Waals surface area contributed by atoms with Gasteiger partial charge in [0.2, 0.25) is 5.95 Å². The van der Waals surface area contributed by atoms with Crippen LogP contribution in [0.5, 0.6) is 0 Å². The van der Waals surface area contributed by atoms with Crippen LogP contribution in [0.4, 0.5) is 10.7 Å². The van der Waals surface area contributed by atoms with Crippen LogP contribution >= 0.6 is 11.6 Å². The number of rotatable bonds is 4. The van der Waals surface area contributed by atoms with E-state index in [2.05, 4.69) is 39.4 Å². The first-order valence-corrected chi connectivity index (χ1v) is 13.5. The Morgan fingerprint density at radius 2 is 1.97 bits per heavy atom. The number of hydrogen-bond donors (Lipinski definition) is 2. The molecule has 0 radical (unpaired) electrons. The molecule has 2 fully saturated rings. The molecule has 1 amide bonds. The Hall–Kier alpha value is -2.95. The number of pyridine rings is 1. The molecule has 5 rings (SSSR count). The van der Waals surface area contributed by atoms with Gasteiger partial charge in [0.15, 0.2) is 0 Å². The number of nitrogens with zero attached hydrogens (tertiary/aromatic N) is 5. The van der Waals surface area contributed by atoms with Crippen LogP contribution in [-0.2, 0) is 9.47 Å². The number of carbonyl (C=O) groups is 1. The van der Waals surface area contributed by atoms with E-state index in [1.165, 1.54) is 5.56 Å². The van der Waals surface area contributed by atoms with Crippen LogP contribution in [0.1, 0.15) is 57.2 Å². The first-order valence-electron chi connectivity index (χ1n) is 13.1. The second kappa shape index (κ2) is 10.7. The summed E-state index contributed by atoms with van der Waals surface area (Å²) in [4.78, 5) is 23.3. The van der Waals surface area contributed by atoms with Gasteiger partial charge < -0.3 is 24.8 Å². The Morgan fingerprint density at radius 1 is 1.21 bits per heavy atom. The summed E-state index contributed by atoms with van der Waals surface area (Å²) >= 11 is 6.53. The van der Waals surface area contributed by atoms with E-state index >= 15 is 0 Å². The van der Waals surface area contributed by atoms with Crippen molar-refractivity contribution in [2.24, 2.45) is 0 Å². The molecule has 38 heavy (non-hydrogen) atoms. The highest BCUT2D eigenvalue weighted by atomic mass is 35.5. The molecule has 5 heterocycles. The molecule has 2 atom stereocenters. The summed E-state index contributed by atoms with van der Waals surface area (Å²) in [5.41, 5.74) is 4.07. The van der Waals surface area contributed by atoms with Gasteiger partial charge in [0.05, 0.1) is 47.4 Å². The molecule has 2 saturated heterocycles. The highest BCUT2D eigenvalue weighted by Crippen LogP contribution is 2.35. The first-order chi connectivity index (χ1) is 18.1. The molecule has 0 unspecified atom stereocenters. The van der Waals surface area contributed by atoms with Crippen LogP contribution in [0.3, 0.4) is 0 Å². The number of aryl methyl sites for hydroxylation is 1. The van der Waals surface area contributed by atoms with Crippen molar-refractivity contribution in [3.8, 4) is 11.3 Å². The Bertz CT molecular complexity index is 1310. The Labute approximate surface area is 227 Å². The maximum atomic E-state index is 12.5. The summed E-state index contributed by atoms with van der Waals surface area (Å²) in [6.07, 6.45) is 4.87. The molecule has 11 heteroatoms. The van der Waals surface area contributed by atoms with E-state index in [4.69, 9.17) is 21.1 Å². The fourth-order valence-electron chi connectivity index (χ4n) is 5.19. The van der Waals surface area contributed by atoms with Crippen molar-refractivity contribution in [2.75, 3.05) is 31.6 Å². The van der Waals surface area contributed by atoms with Gasteiger partial charge in [0.1, 0.15) is 5.60 Å². The van der Waals surface area contributed by atoms with Crippen LogP contribution in [0.2, 0.25) is 5.02 Å². The summed E-state index contributed by atoms with van der Waals surface area (Å²) in [5.74, 6) is 0.731. The smallest absolute Gasteiger partial charge is 0.410 e. The number of aromatic nitrogens is 4. The Morgan fingerprint density at radius 3 is 2.68 bits per heavy atom. The number of nitrogens with one attached hydrogen (secondary N) is 1. The standard InChI is InChI=1S/C27H35ClN6O4/c1-16-18(17-7-10-33(11-8-17)26(36)38-27(2,3)4)5-6-22-19(13-30-34(16)22)24-20(28)14-29-25(32-24)31-21-9-12-37-15-23(21)35/h5-6,13-14,17,21,23,35H,7-12,15H2,1-4H3,(H,29,31,32)/t21-,23-/m1/s1. The monoisotopic (exact) mass is 542 g/mol. The van der Waals surface area contributed by atoms with Crippen LogP contribution in [0, 0.1) is 6.92 Å². The molecule has 2 N–H and O–H groups in total. The number of hydrogen-bond acceptors (Lipinski definition) is 8. The third kappa shape index (κ3) is 5.57. The molecule has 3 aromatic heterocycles. The van der Waals surface area contributed by atoms with E-state index in [9.17, 15) is 9.90 Å². The maximum absolute atomic E-state index is 12.5. The molecular weight excluding hydrogens is 508 g/mol. The van der Waals surface area contributed by atoms with E-state index in [0.29, 0.717) is 48.7 Å². The van der Waals surface area contributed by atoms with Crippen molar-refractivity contribution >= 4 is 29.2 Å². The fourth-order valence-corrected chi connectivity index (χ4v) is 5.39. The second-order valence-corrected chi connectivity index (χ2v) is 11.5. The lowest BCUT2D eigenvalue weighted by Gasteiger charge is -2.34. The number of piperidine rings is 1. The molecular formula is C27H35ClN6O4. The predicted molar refractivity (Wildman–Crippen MR) is 145 cm³/mol. The molecule has 3 aromatic rings. The number of ether oxygens (including phenoxy) is 2. The SMILES string of the molecule is Cc1c(C2CCN(C(=O)OC(C)(C)C)CC2)ccc2c(-c3nc(N[C@@H]4CCOC[C@H]4O)ncc3Cl)cnn12. The number of anilines is 1. The zero-order valence-corrected chi connectivity index (χ0v) is 23.0. The van der Waals surface area contributed by atoms with Gasteiger partial charge in [-0.25, -0.2) is 19.3 Å². The van der Waals surface area contributed by atoms with E-state index in [1.807, 2.05) is 25.3 Å². The number of fused-ring (bicyclic) bond motifs is 1. The maximum Gasteiger partial charge on any atom is 0.410 e. The van der Waals surface area contributed by atoms with E-state index in [0.717, 1.165) is 29.6 Å². The van der Waals surface area contributed by atoms with Crippen molar-refractivity contribution in [1.82, 2.24) is 24.5 Å². The fraction of sp³-hybridized carbons (Fsp3) is 0.556. The first kappa shape index (κ1) is 26.6. The highest BCUT2D eigenvalue weighted by Gasteiger charge is 2.29. The van der Waals surface area contributed by atoms with Gasteiger partial charge in [0.25, 0.3) is 0 Å². The molecule has 2 aliphatic rings. The van der Waals surface area contributed by atoms with E-state index in [1.54, 1.807) is 17.3 Å². The van der Waals surface area contributed by atoms with Gasteiger partial charge >= 0.3 is 6.09 Å². The Balaban J connectivity index is 1.35. The number of likely N-dealkylation sites (tertiary alicyclic amines) is 1. The van der Waals surface area contributed by atoms with Crippen LogP contribution in [-0.4, -0.2) is 79.7 Å². The molecule has 10 nitrogen and oxygen atoms in total. The van der Waals surface area contributed by atoms with Gasteiger partial charge in [0, 0.05) is 31.0 Å². The van der Waals surface area contributed by atoms with Gasteiger partial charge in [-0.2, -0.15) is 5.10 Å². The molecule has 204 valence electrons. The van der Waals surface area contributed by atoms with Crippen molar-refractivity contribution in [3.05, 3.63) is 40.8 Å². The Kier molecular flexibility index (Phi) is 7.48. The minimum absolute atomic E-state index is 0.187. The lowest BCUT2D eigenvalue weighted by Crippen LogP contribution is -2.42. The number of halogens is 1.